The van der Waals surface area contributed by atoms with Gasteiger partial charge in [-0.05, 0) is 31.5 Å². The molecule has 0 bridgehead atoms. The molecular weight excluding hydrogens is 332 g/mol. The van der Waals surface area contributed by atoms with E-state index in [-0.39, 0.29) is 0 Å². The first-order valence-corrected chi connectivity index (χ1v) is 11.3. The third-order valence-corrected chi connectivity index (χ3v) is 6.95. The summed E-state index contributed by atoms with van der Waals surface area (Å²) in [5.41, 5.74) is 1.36. The van der Waals surface area contributed by atoms with Gasteiger partial charge in [0.2, 0.25) is 0 Å². The average Bonchev–Trinajstić information content (AvgIpc) is 2.67. The number of unbranched alkanes of at least 4 members (excludes halogenated alkanes) is 5. The van der Waals surface area contributed by atoms with Gasteiger partial charge >= 0.3 is 8.80 Å². The fraction of sp³-hybridized carbons (Fsp3) is 0.684. The Morgan fingerprint density at radius 3 is 1.80 bits per heavy atom. The van der Waals surface area contributed by atoms with Crippen molar-refractivity contribution in [1.82, 2.24) is 10.6 Å². The highest BCUT2D eigenvalue weighted by Crippen LogP contribution is 2.06. The van der Waals surface area contributed by atoms with E-state index < -0.39 is 8.80 Å². The van der Waals surface area contributed by atoms with Gasteiger partial charge in [0.1, 0.15) is 0 Å². The Morgan fingerprint density at radius 1 is 0.720 bits per heavy atom. The smallest absolute Gasteiger partial charge is 0.376 e. The molecule has 0 unspecified atom stereocenters. The predicted octanol–water partition coefficient (Wildman–Crippen LogP) is 3.12. The van der Waals surface area contributed by atoms with Crippen LogP contribution in [-0.2, 0) is 19.8 Å². The SMILES string of the molecule is CO[Si](CNCCCCCCCCNCc1ccccc1)(OC)OC. The molecule has 6 heteroatoms. The molecule has 0 aliphatic carbocycles. The highest BCUT2D eigenvalue weighted by Gasteiger charge is 2.37. The quantitative estimate of drug-likeness (QED) is 0.347. The fourth-order valence-corrected chi connectivity index (χ4v) is 4.16. The molecule has 2 N–H and O–H groups in total. The van der Waals surface area contributed by atoms with Crippen molar-refractivity contribution in [3.8, 4) is 0 Å². The van der Waals surface area contributed by atoms with Crippen molar-refractivity contribution in [1.29, 1.82) is 0 Å². The molecule has 1 aromatic rings. The van der Waals surface area contributed by atoms with Crippen LogP contribution in [0.5, 0.6) is 0 Å². The van der Waals surface area contributed by atoms with Crippen LogP contribution in [0.15, 0.2) is 30.3 Å². The summed E-state index contributed by atoms with van der Waals surface area (Å²) in [7, 11) is 2.49. The molecule has 0 aromatic heterocycles. The molecule has 0 saturated heterocycles. The van der Waals surface area contributed by atoms with Gasteiger partial charge in [-0.3, -0.25) is 0 Å². The van der Waals surface area contributed by atoms with Gasteiger partial charge in [-0.15, -0.1) is 0 Å². The lowest BCUT2D eigenvalue weighted by Gasteiger charge is -2.24. The van der Waals surface area contributed by atoms with Gasteiger partial charge in [-0.1, -0.05) is 56.0 Å². The maximum absolute atomic E-state index is 5.38. The highest BCUT2D eigenvalue weighted by atomic mass is 28.4. The number of hydrogen-bond acceptors (Lipinski definition) is 5. The summed E-state index contributed by atoms with van der Waals surface area (Å²) in [5.74, 6) is 0. The lowest BCUT2D eigenvalue weighted by Crippen LogP contribution is -2.52. The van der Waals surface area contributed by atoms with E-state index >= 15 is 0 Å². The van der Waals surface area contributed by atoms with Crippen LogP contribution in [-0.4, -0.2) is 49.4 Å². The van der Waals surface area contributed by atoms with E-state index in [1.807, 2.05) is 0 Å². The predicted molar refractivity (Wildman–Crippen MR) is 106 cm³/mol. The molecule has 0 aliphatic rings. The van der Waals surface area contributed by atoms with Crippen LogP contribution in [0.4, 0.5) is 0 Å². The van der Waals surface area contributed by atoms with Crippen molar-refractivity contribution in [3.63, 3.8) is 0 Å². The van der Waals surface area contributed by atoms with E-state index in [0.29, 0.717) is 6.17 Å². The molecular formula is C19H36N2O3Si. The number of rotatable bonds is 16. The molecule has 0 spiro atoms. The van der Waals surface area contributed by atoms with Gasteiger partial charge in [0.15, 0.2) is 0 Å². The third-order valence-electron chi connectivity index (χ3n) is 4.40. The van der Waals surface area contributed by atoms with E-state index in [9.17, 15) is 0 Å². The topological polar surface area (TPSA) is 51.8 Å². The largest absolute Gasteiger partial charge is 0.514 e. The minimum Gasteiger partial charge on any atom is -0.376 e. The zero-order valence-corrected chi connectivity index (χ0v) is 17.2. The molecule has 0 atom stereocenters. The van der Waals surface area contributed by atoms with Crippen LogP contribution in [0.25, 0.3) is 0 Å². The number of nitrogens with one attached hydrogen (secondary N) is 2. The van der Waals surface area contributed by atoms with Crippen LogP contribution in [0, 0.1) is 0 Å². The van der Waals surface area contributed by atoms with Gasteiger partial charge in [0.05, 0.1) is 6.17 Å². The molecule has 144 valence electrons. The first-order chi connectivity index (χ1) is 12.3. The molecule has 0 fully saturated rings. The average molecular weight is 369 g/mol. The van der Waals surface area contributed by atoms with Crippen molar-refractivity contribution in [2.45, 2.75) is 45.1 Å². The van der Waals surface area contributed by atoms with Crippen LogP contribution in [0.1, 0.15) is 44.1 Å². The highest BCUT2D eigenvalue weighted by molar-refractivity contribution is 6.60. The minimum absolute atomic E-state index is 0.670. The second-order valence-electron chi connectivity index (χ2n) is 6.26. The Hall–Kier alpha value is -0.763. The second-order valence-corrected chi connectivity index (χ2v) is 9.20. The van der Waals surface area contributed by atoms with Crippen molar-refractivity contribution in [3.05, 3.63) is 35.9 Å². The Bertz CT molecular complexity index is 408. The molecule has 25 heavy (non-hydrogen) atoms. The summed E-state index contributed by atoms with van der Waals surface area (Å²) in [6.45, 7) is 3.07. The molecule has 0 saturated carbocycles. The maximum Gasteiger partial charge on any atom is 0.514 e. The Balaban J connectivity index is 1.86. The molecule has 0 radical (unpaired) electrons. The first kappa shape index (κ1) is 22.3. The molecule has 0 heterocycles. The van der Waals surface area contributed by atoms with Gasteiger partial charge < -0.3 is 23.9 Å². The van der Waals surface area contributed by atoms with Crippen LogP contribution >= 0.6 is 0 Å². The van der Waals surface area contributed by atoms with Crippen molar-refractivity contribution in [2.24, 2.45) is 0 Å². The monoisotopic (exact) mass is 368 g/mol. The van der Waals surface area contributed by atoms with E-state index in [4.69, 9.17) is 13.3 Å². The fourth-order valence-electron chi connectivity index (χ4n) is 2.74. The Kier molecular flexibility index (Phi) is 12.8. The zero-order valence-electron chi connectivity index (χ0n) is 16.2. The summed E-state index contributed by atoms with van der Waals surface area (Å²) >= 11 is 0. The molecule has 1 rings (SSSR count). The first-order valence-electron chi connectivity index (χ1n) is 9.37. The number of hydrogen-bond donors (Lipinski definition) is 2. The molecule has 1 aromatic carbocycles. The molecule has 5 nitrogen and oxygen atoms in total. The molecule has 0 amide bonds. The van der Waals surface area contributed by atoms with Gasteiger partial charge in [0.25, 0.3) is 0 Å². The summed E-state index contributed by atoms with van der Waals surface area (Å²) < 4.78 is 16.1. The number of benzene rings is 1. The zero-order chi connectivity index (χ0) is 18.2. The van der Waals surface area contributed by atoms with E-state index in [2.05, 4.69) is 41.0 Å². The Morgan fingerprint density at radius 2 is 1.24 bits per heavy atom. The normalized spacial score (nSPS) is 11.8. The van der Waals surface area contributed by atoms with Crippen molar-refractivity contribution in [2.75, 3.05) is 40.6 Å². The van der Waals surface area contributed by atoms with Gasteiger partial charge in [-0.25, -0.2) is 0 Å². The summed E-state index contributed by atoms with van der Waals surface area (Å²) in [6, 6.07) is 10.6. The van der Waals surface area contributed by atoms with E-state index in [0.717, 1.165) is 19.6 Å². The standard InChI is InChI=1S/C19H36N2O3Si/c1-22-25(23-2,24-3)18-21-16-12-7-5-4-6-11-15-20-17-19-13-9-8-10-14-19/h8-10,13-14,20-21H,4-7,11-12,15-18H2,1-3H3. The second kappa shape index (κ2) is 14.4. The lowest BCUT2D eigenvalue weighted by atomic mass is 10.1. The summed E-state index contributed by atoms with van der Waals surface area (Å²) in [6.07, 6.45) is 8.32. The third kappa shape index (κ3) is 10.1. The van der Waals surface area contributed by atoms with Crippen molar-refractivity contribution < 1.29 is 13.3 Å². The minimum atomic E-state index is -2.45. The van der Waals surface area contributed by atoms with Gasteiger partial charge in [-0.2, -0.15) is 0 Å². The van der Waals surface area contributed by atoms with Gasteiger partial charge in [0, 0.05) is 27.9 Å². The summed E-state index contributed by atoms with van der Waals surface area (Å²) in [5, 5.41) is 6.90. The van der Waals surface area contributed by atoms with Crippen LogP contribution in [0.3, 0.4) is 0 Å². The van der Waals surface area contributed by atoms with Crippen LogP contribution in [0.2, 0.25) is 0 Å². The Labute approximate surface area is 154 Å². The summed E-state index contributed by atoms with van der Waals surface area (Å²) in [4.78, 5) is 0. The lowest BCUT2D eigenvalue weighted by molar-refractivity contribution is 0.122. The van der Waals surface area contributed by atoms with Crippen molar-refractivity contribution >= 4 is 8.80 Å². The van der Waals surface area contributed by atoms with E-state index in [1.165, 1.54) is 44.1 Å². The maximum atomic E-state index is 5.38. The van der Waals surface area contributed by atoms with Crippen LogP contribution < -0.4 is 10.6 Å². The molecule has 0 aliphatic heterocycles. The van der Waals surface area contributed by atoms with E-state index in [1.54, 1.807) is 21.3 Å².